The van der Waals surface area contributed by atoms with E-state index in [9.17, 15) is 9.59 Å². The van der Waals surface area contributed by atoms with Gasteiger partial charge in [0.1, 0.15) is 6.61 Å². The Balaban J connectivity index is 4.30. The lowest BCUT2D eigenvalue weighted by Gasteiger charge is -2.18. The normalized spacial score (nSPS) is 12.8. The van der Waals surface area contributed by atoms with Crippen LogP contribution in [-0.4, -0.2) is 37.9 Å². The summed E-state index contributed by atoms with van der Waals surface area (Å²) in [4.78, 5) is 25.5. The molecule has 0 aliphatic heterocycles. The van der Waals surface area contributed by atoms with Gasteiger partial charge in [0.2, 0.25) is 0 Å². The first kappa shape index (κ1) is 63.1. The molecule has 0 bridgehead atoms. The van der Waals surface area contributed by atoms with Crippen LogP contribution in [0.15, 0.2) is 85.1 Å². The number of carbonyl (C=O) groups excluding carboxylic acids is 2. The molecule has 0 amide bonds. The molecule has 66 heavy (non-hydrogen) atoms. The molecular formula is C61H106O5. The molecule has 0 N–H and O–H groups in total. The minimum absolute atomic E-state index is 0.0710. The number of allylic oxidation sites excluding steroid dienone is 14. The molecule has 0 radical (unpaired) electrons. The van der Waals surface area contributed by atoms with Gasteiger partial charge in [-0.25, -0.2) is 0 Å². The molecule has 0 aromatic carbocycles. The average molecular weight is 920 g/mol. The Labute approximate surface area is 409 Å². The highest BCUT2D eigenvalue weighted by Crippen LogP contribution is 2.14. The second-order valence-electron chi connectivity index (χ2n) is 18.5. The summed E-state index contributed by atoms with van der Waals surface area (Å²) >= 11 is 0. The summed E-state index contributed by atoms with van der Waals surface area (Å²) in [5.41, 5.74) is 0. The van der Waals surface area contributed by atoms with Crippen LogP contribution in [0, 0.1) is 0 Å². The van der Waals surface area contributed by atoms with Crippen LogP contribution in [0.5, 0.6) is 0 Å². The van der Waals surface area contributed by atoms with Gasteiger partial charge in [-0.05, 0) is 96.3 Å². The van der Waals surface area contributed by atoms with Crippen LogP contribution >= 0.6 is 0 Å². The summed E-state index contributed by atoms with van der Waals surface area (Å²) < 4.78 is 17.4. The molecule has 0 rings (SSSR count). The molecule has 1 unspecified atom stereocenters. The Morgan fingerprint density at radius 3 is 1.12 bits per heavy atom. The lowest BCUT2D eigenvalue weighted by Crippen LogP contribution is -2.30. The van der Waals surface area contributed by atoms with Crippen LogP contribution < -0.4 is 0 Å². The van der Waals surface area contributed by atoms with E-state index in [1.54, 1.807) is 0 Å². The van der Waals surface area contributed by atoms with Gasteiger partial charge < -0.3 is 14.2 Å². The summed E-state index contributed by atoms with van der Waals surface area (Å²) in [6, 6.07) is 0. The summed E-state index contributed by atoms with van der Waals surface area (Å²) in [6.07, 6.45) is 74.5. The van der Waals surface area contributed by atoms with E-state index in [1.807, 2.05) is 0 Å². The standard InChI is InChI=1S/C61H106O5/c1-4-7-10-13-16-19-22-25-27-29-31-33-35-37-39-42-45-48-51-54-60(62)65-58-59(57-64-56-53-50-47-44-41-24-21-18-15-12-9-6-3)66-61(63)55-52-49-46-43-40-38-36-34-32-30-28-26-23-20-17-14-11-8-5-2/h7,10,16-17,19-20,25-28,31-34,59H,4-6,8-9,11-15,18,21-24,29-30,35-58H2,1-3H3/b10-7-,19-16-,20-17-,27-25-,28-26-,33-31-,34-32-. The highest BCUT2D eigenvalue weighted by atomic mass is 16.6. The first-order valence-corrected chi connectivity index (χ1v) is 28.1. The van der Waals surface area contributed by atoms with E-state index in [1.165, 1.54) is 128 Å². The first-order valence-electron chi connectivity index (χ1n) is 28.1. The molecule has 0 saturated heterocycles. The van der Waals surface area contributed by atoms with E-state index in [2.05, 4.69) is 106 Å². The van der Waals surface area contributed by atoms with Crippen LogP contribution in [0.4, 0.5) is 0 Å². The third-order valence-corrected chi connectivity index (χ3v) is 11.9. The zero-order valence-corrected chi connectivity index (χ0v) is 43.7. The van der Waals surface area contributed by atoms with E-state index in [-0.39, 0.29) is 25.2 Å². The van der Waals surface area contributed by atoms with Crippen molar-refractivity contribution >= 4 is 11.9 Å². The number of ether oxygens (including phenoxy) is 3. The highest BCUT2D eigenvalue weighted by Gasteiger charge is 2.17. The SMILES string of the molecule is CC/C=C\C/C=C\C/C=C\C/C=C\CCCCCCCCC(=O)OCC(COCCCCCCCCCCCCCC)OC(=O)CCCCCCCC/C=C\C/C=C\C/C=C\CCCCC. The molecule has 0 spiro atoms. The van der Waals surface area contributed by atoms with Crippen molar-refractivity contribution in [1.29, 1.82) is 0 Å². The van der Waals surface area contributed by atoms with Crippen LogP contribution in [-0.2, 0) is 23.8 Å². The predicted molar refractivity (Wildman–Crippen MR) is 288 cm³/mol. The molecule has 0 aliphatic rings. The van der Waals surface area contributed by atoms with Gasteiger partial charge in [-0.1, -0.05) is 241 Å². The summed E-state index contributed by atoms with van der Waals surface area (Å²) in [6.45, 7) is 7.68. The Kier molecular flexibility index (Phi) is 53.9. The van der Waals surface area contributed by atoms with Crippen molar-refractivity contribution in [2.75, 3.05) is 19.8 Å². The molecule has 5 nitrogen and oxygen atoms in total. The van der Waals surface area contributed by atoms with Gasteiger partial charge in [-0.15, -0.1) is 0 Å². The van der Waals surface area contributed by atoms with Gasteiger partial charge in [-0.3, -0.25) is 9.59 Å². The summed E-state index contributed by atoms with van der Waals surface area (Å²) in [5.74, 6) is -0.422. The van der Waals surface area contributed by atoms with E-state index < -0.39 is 6.10 Å². The number of hydrogen-bond donors (Lipinski definition) is 0. The highest BCUT2D eigenvalue weighted by molar-refractivity contribution is 5.70. The smallest absolute Gasteiger partial charge is 0.306 e. The van der Waals surface area contributed by atoms with Crippen LogP contribution in [0.25, 0.3) is 0 Å². The second-order valence-corrected chi connectivity index (χ2v) is 18.5. The molecule has 0 heterocycles. The molecule has 5 heteroatoms. The monoisotopic (exact) mass is 919 g/mol. The molecule has 0 fully saturated rings. The third kappa shape index (κ3) is 53.7. The minimum Gasteiger partial charge on any atom is -0.462 e. The number of esters is 2. The van der Waals surface area contributed by atoms with Crippen molar-refractivity contribution in [3.63, 3.8) is 0 Å². The van der Waals surface area contributed by atoms with Gasteiger partial charge in [-0.2, -0.15) is 0 Å². The van der Waals surface area contributed by atoms with Crippen LogP contribution in [0.3, 0.4) is 0 Å². The maximum atomic E-state index is 12.8. The molecule has 0 aliphatic carbocycles. The van der Waals surface area contributed by atoms with Gasteiger partial charge >= 0.3 is 11.9 Å². The number of carbonyl (C=O) groups is 2. The van der Waals surface area contributed by atoms with Crippen molar-refractivity contribution in [3.8, 4) is 0 Å². The van der Waals surface area contributed by atoms with Crippen molar-refractivity contribution in [2.24, 2.45) is 0 Å². The molecule has 0 saturated carbocycles. The number of hydrogen-bond acceptors (Lipinski definition) is 5. The predicted octanol–water partition coefficient (Wildman–Crippen LogP) is 19.2. The lowest BCUT2D eigenvalue weighted by molar-refractivity contribution is -0.163. The molecule has 0 aromatic heterocycles. The zero-order valence-electron chi connectivity index (χ0n) is 43.7. The maximum absolute atomic E-state index is 12.8. The largest absolute Gasteiger partial charge is 0.462 e. The molecule has 380 valence electrons. The average Bonchev–Trinajstić information content (AvgIpc) is 3.32. The van der Waals surface area contributed by atoms with E-state index in [4.69, 9.17) is 14.2 Å². The van der Waals surface area contributed by atoms with Crippen molar-refractivity contribution in [2.45, 2.75) is 271 Å². The van der Waals surface area contributed by atoms with E-state index in [0.717, 1.165) is 103 Å². The minimum atomic E-state index is -0.551. The fourth-order valence-corrected chi connectivity index (χ4v) is 7.74. The third-order valence-electron chi connectivity index (χ3n) is 11.9. The van der Waals surface area contributed by atoms with Crippen molar-refractivity contribution in [3.05, 3.63) is 85.1 Å². The van der Waals surface area contributed by atoms with Crippen LogP contribution in [0.2, 0.25) is 0 Å². The van der Waals surface area contributed by atoms with Crippen molar-refractivity contribution in [1.82, 2.24) is 0 Å². The molecule has 1 atom stereocenters. The van der Waals surface area contributed by atoms with E-state index in [0.29, 0.717) is 19.4 Å². The quantitative estimate of drug-likeness (QED) is 0.0346. The van der Waals surface area contributed by atoms with Crippen LogP contribution in [0.1, 0.15) is 265 Å². The molecular weight excluding hydrogens is 813 g/mol. The van der Waals surface area contributed by atoms with Crippen molar-refractivity contribution < 1.29 is 23.8 Å². The lowest BCUT2D eigenvalue weighted by atomic mass is 10.1. The summed E-state index contributed by atoms with van der Waals surface area (Å²) in [5, 5.41) is 0. The number of unbranched alkanes of at least 4 members (excludes halogenated alkanes) is 26. The fourth-order valence-electron chi connectivity index (χ4n) is 7.74. The van der Waals surface area contributed by atoms with Gasteiger partial charge in [0, 0.05) is 19.4 Å². The summed E-state index contributed by atoms with van der Waals surface area (Å²) in [7, 11) is 0. The Bertz CT molecular complexity index is 1220. The Hall–Kier alpha value is -2.92. The fraction of sp³-hybridized carbons (Fsp3) is 0.738. The van der Waals surface area contributed by atoms with E-state index >= 15 is 0 Å². The zero-order chi connectivity index (χ0) is 47.7. The Morgan fingerprint density at radius 1 is 0.348 bits per heavy atom. The number of rotatable bonds is 51. The topological polar surface area (TPSA) is 61.8 Å². The molecule has 0 aromatic rings. The Morgan fingerprint density at radius 2 is 0.682 bits per heavy atom. The van der Waals surface area contributed by atoms with Gasteiger partial charge in [0.25, 0.3) is 0 Å². The maximum Gasteiger partial charge on any atom is 0.306 e. The van der Waals surface area contributed by atoms with Gasteiger partial charge in [0.05, 0.1) is 6.61 Å². The second kappa shape index (κ2) is 56.4. The van der Waals surface area contributed by atoms with Gasteiger partial charge in [0.15, 0.2) is 6.10 Å². The first-order chi connectivity index (χ1) is 32.6.